The van der Waals surface area contributed by atoms with Crippen molar-refractivity contribution < 1.29 is 5.11 Å². The van der Waals surface area contributed by atoms with E-state index in [1.165, 1.54) is 0 Å². The van der Waals surface area contributed by atoms with Gasteiger partial charge in [0.05, 0.1) is 17.9 Å². The molecule has 6 heteroatoms. The largest absolute Gasteiger partial charge is 0.382 e. The second-order valence-electron chi connectivity index (χ2n) is 2.41. The van der Waals surface area contributed by atoms with E-state index in [2.05, 4.69) is 24.7 Å². The number of rotatable bonds is 2. The molecule has 0 bridgehead atoms. The van der Waals surface area contributed by atoms with Gasteiger partial charge in [0.1, 0.15) is 11.8 Å². The first-order valence-corrected chi connectivity index (χ1v) is 5.93. The third-order valence-electron chi connectivity index (χ3n) is 1.60. The minimum Gasteiger partial charge on any atom is -0.382 e. The highest BCUT2D eigenvalue weighted by molar-refractivity contribution is 9.10. The van der Waals surface area contributed by atoms with Crippen LogP contribution < -0.4 is 0 Å². The summed E-state index contributed by atoms with van der Waals surface area (Å²) in [6.45, 7) is 0. The summed E-state index contributed by atoms with van der Waals surface area (Å²) in [4.78, 5) is 0. The smallest absolute Gasteiger partial charge is 0.126 e. The molecule has 2 heterocycles. The normalized spacial score (nSPS) is 13.1. The Morgan fingerprint density at radius 2 is 2.31 bits per heavy atom. The first-order chi connectivity index (χ1) is 6.29. The van der Waals surface area contributed by atoms with Gasteiger partial charge >= 0.3 is 0 Å². The zero-order valence-electron chi connectivity index (χ0n) is 6.35. The Labute approximate surface area is 91.5 Å². The first kappa shape index (κ1) is 9.26. The fourth-order valence-corrected chi connectivity index (χ4v) is 2.91. The Kier molecular flexibility index (Phi) is 2.73. The van der Waals surface area contributed by atoms with E-state index in [0.29, 0.717) is 5.69 Å². The van der Waals surface area contributed by atoms with E-state index < -0.39 is 6.10 Å². The second-order valence-corrected chi connectivity index (χ2v) is 4.56. The van der Waals surface area contributed by atoms with E-state index in [1.54, 1.807) is 17.5 Å². The lowest BCUT2D eigenvalue weighted by Crippen LogP contribution is -1.98. The topological polar surface area (TPSA) is 46.0 Å². The van der Waals surface area contributed by atoms with Crippen LogP contribution in [0.15, 0.2) is 21.4 Å². The van der Waals surface area contributed by atoms with Crippen molar-refractivity contribution in [1.29, 1.82) is 0 Å². The van der Waals surface area contributed by atoms with Crippen molar-refractivity contribution in [2.75, 3.05) is 0 Å². The molecular weight excluding hydrogens is 272 g/mol. The number of nitrogens with zero attached hydrogens (tertiary/aromatic N) is 2. The predicted octanol–water partition coefficient (Wildman–Crippen LogP) is 2.44. The summed E-state index contributed by atoms with van der Waals surface area (Å²) in [7, 11) is 0. The Morgan fingerprint density at radius 1 is 1.46 bits per heavy atom. The molecule has 1 unspecified atom stereocenters. The molecule has 0 amide bonds. The van der Waals surface area contributed by atoms with Gasteiger partial charge in [0.15, 0.2) is 0 Å². The lowest BCUT2D eigenvalue weighted by atomic mass is 10.1. The molecule has 0 fully saturated rings. The van der Waals surface area contributed by atoms with Gasteiger partial charge in [0.2, 0.25) is 0 Å². The average molecular weight is 277 g/mol. The zero-order valence-corrected chi connectivity index (χ0v) is 9.56. The minimum absolute atomic E-state index is 0.601. The van der Waals surface area contributed by atoms with Crippen molar-refractivity contribution in [2.45, 2.75) is 6.10 Å². The fraction of sp³-hybridized carbons (Fsp3) is 0.143. The van der Waals surface area contributed by atoms with Crippen molar-refractivity contribution in [1.82, 2.24) is 8.75 Å². The maximum absolute atomic E-state index is 9.83. The summed E-state index contributed by atoms with van der Waals surface area (Å²) < 4.78 is 8.73. The fourth-order valence-electron chi connectivity index (χ4n) is 0.938. The second kappa shape index (κ2) is 3.83. The number of hydrogen-bond donors (Lipinski definition) is 1. The Hall–Kier alpha value is -0.300. The van der Waals surface area contributed by atoms with E-state index in [1.807, 2.05) is 10.8 Å². The molecule has 0 aliphatic rings. The lowest BCUT2D eigenvalue weighted by Gasteiger charge is -2.04. The molecule has 68 valence electrons. The van der Waals surface area contributed by atoms with Crippen LogP contribution in [0.1, 0.15) is 17.4 Å². The van der Waals surface area contributed by atoms with Crippen LogP contribution in [-0.4, -0.2) is 13.9 Å². The van der Waals surface area contributed by atoms with Crippen LogP contribution in [0.3, 0.4) is 0 Å². The van der Waals surface area contributed by atoms with Crippen molar-refractivity contribution in [3.63, 3.8) is 0 Å². The van der Waals surface area contributed by atoms with E-state index in [0.717, 1.165) is 21.8 Å². The van der Waals surface area contributed by atoms with Crippen LogP contribution in [0.5, 0.6) is 0 Å². The van der Waals surface area contributed by atoms with Gasteiger partial charge in [-0.15, -0.1) is 0 Å². The molecule has 1 N–H and O–H groups in total. The predicted molar refractivity (Wildman–Crippen MR) is 56.0 cm³/mol. The van der Waals surface area contributed by atoms with Crippen LogP contribution in [-0.2, 0) is 0 Å². The van der Waals surface area contributed by atoms with Gasteiger partial charge in [0.25, 0.3) is 0 Å². The number of hydrogen-bond acceptors (Lipinski definition) is 5. The van der Waals surface area contributed by atoms with Crippen LogP contribution >= 0.6 is 39.0 Å². The highest BCUT2D eigenvalue weighted by Crippen LogP contribution is 2.30. The van der Waals surface area contributed by atoms with Crippen LogP contribution in [0.2, 0.25) is 0 Å². The number of aliphatic hydroxyl groups is 1. The summed E-state index contributed by atoms with van der Waals surface area (Å²) in [5.74, 6) is 0. The molecule has 2 aromatic heterocycles. The molecule has 0 aliphatic carbocycles. The molecular formula is C7H5BrN2OS2. The number of aromatic nitrogens is 2. The standard InChI is InChI=1S/C7H5BrN2OS2/c8-5-3-12-2-4(5)7(11)6-1-9-13-10-6/h1-3,7,11H. The Bertz CT molecular complexity index is 387. The third-order valence-corrected chi connectivity index (χ3v) is 3.84. The molecule has 2 aromatic rings. The van der Waals surface area contributed by atoms with Crippen molar-refractivity contribution in [2.24, 2.45) is 0 Å². The van der Waals surface area contributed by atoms with Crippen LogP contribution in [0.4, 0.5) is 0 Å². The van der Waals surface area contributed by atoms with Gasteiger partial charge in [-0.05, 0) is 21.3 Å². The molecule has 0 radical (unpaired) electrons. The highest BCUT2D eigenvalue weighted by Gasteiger charge is 2.16. The Morgan fingerprint density at radius 3 is 2.85 bits per heavy atom. The molecule has 3 nitrogen and oxygen atoms in total. The highest BCUT2D eigenvalue weighted by atomic mass is 79.9. The van der Waals surface area contributed by atoms with Gasteiger partial charge in [-0.3, -0.25) is 0 Å². The van der Waals surface area contributed by atoms with Gasteiger partial charge in [0, 0.05) is 15.4 Å². The molecule has 13 heavy (non-hydrogen) atoms. The molecule has 2 rings (SSSR count). The first-order valence-electron chi connectivity index (χ1n) is 3.46. The van der Waals surface area contributed by atoms with Crippen LogP contribution in [0, 0.1) is 0 Å². The molecule has 0 saturated heterocycles. The maximum Gasteiger partial charge on any atom is 0.126 e. The number of aliphatic hydroxyl groups excluding tert-OH is 1. The summed E-state index contributed by atoms with van der Waals surface area (Å²) >= 11 is 6.00. The Balaban J connectivity index is 2.33. The SMILES string of the molecule is OC(c1cnsn1)c1cscc1Br. The van der Waals surface area contributed by atoms with Crippen LogP contribution in [0.25, 0.3) is 0 Å². The zero-order chi connectivity index (χ0) is 9.26. The molecule has 0 aliphatic heterocycles. The summed E-state index contributed by atoms with van der Waals surface area (Å²) in [5, 5.41) is 13.7. The van der Waals surface area contributed by atoms with Crippen molar-refractivity contribution in [3.8, 4) is 0 Å². The molecule has 0 aromatic carbocycles. The quantitative estimate of drug-likeness (QED) is 0.917. The lowest BCUT2D eigenvalue weighted by molar-refractivity contribution is 0.216. The van der Waals surface area contributed by atoms with Gasteiger partial charge in [-0.1, -0.05) is 0 Å². The van der Waals surface area contributed by atoms with Crippen molar-refractivity contribution >= 4 is 39.0 Å². The average Bonchev–Trinajstić information content (AvgIpc) is 2.72. The maximum atomic E-state index is 9.83. The van der Waals surface area contributed by atoms with E-state index in [4.69, 9.17) is 0 Å². The minimum atomic E-state index is -0.667. The van der Waals surface area contributed by atoms with E-state index >= 15 is 0 Å². The molecule has 1 atom stereocenters. The molecule has 0 saturated carbocycles. The van der Waals surface area contributed by atoms with E-state index in [-0.39, 0.29) is 0 Å². The summed E-state index contributed by atoms with van der Waals surface area (Å²) in [5.41, 5.74) is 1.45. The third kappa shape index (κ3) is 1.80. The molecule has 0 spiro atoms. The van der Waals surface area contributed by atoms with Gasteiger partial charge < -0.3 is 5.11 Å². The number of thiophene rings is 1. The van der Waals surface area contributed by atoms with Gasteiger partial charge in [-0.2, -0.15) is 20.1 Å². The van der Waals surface area contributed by atoms with Gasteiger partial charge in [-0.25, -0.2) is 0 Å². The van der Waals surface area contributed by atoms with E-state index in [9.17, 15) is 5.11 Å². The number of halogens is 1. The summed E-state index contributed by atoms with van der Waals surface area (Å²) in [6.07, 6.45) is 0.916. The monoisotopic (exact) mass is 276 g/mol. The summed E-state index contributed by atoms with van der Waals surface area (Å²) in [6, 6.07) is 0. The van der Waals surface area contributed by atoms with Crippen molar-refractivity contribution in [3.05, 3.63) is 32.7 Å².